The van der Waals surface area contributed by atoms with Crippen LogP contribution in [0.15, 0.2) is 52.4 Å². The highest BCUT2D eigenvalue weighted by Gasteiger charge is 2.59. The van der Waals surface area contributed by atoms with Crippen LogP contribution in [-0.4, -0.2) is 84.0 Å². The number of nitriles is 1. The molecule has 6 N–H and O–H groups in total. The number of amidine groups is 1. The summed E-state index contributed by atoms with van der Waals surface area (Å²) in [6, 6.07) is 12.3. The normalized spacial score (nSPS) is 22.1. The SMILES string of the molecule is CC(=O)OCOC(=O)/N=C(\N=CN)c1ccc([C@]2(C#N)O[C@H](COC(=O)Cc3ccccc3)[C@@H](OC(=O)[C@@H](N)C(C)(C)C)[C@H]2O)[nH]1. The number of aromatic nitrogens is 1. The smallest absolute Gasteiger partial charge is 0.438 e. The van der Waals surface area contributed by atoms with Crippen LogP contribution in [0.25, 0.3) is 0 Å². The molecule has 2 heterocycles. The van der Waals surface area contributed by atoms with Crippen LogP contribution in [0.1, 0.15) is 44.6 Å². The number of benzene rings is 1. The number of esters is 3. The zero-order valence-corrected chi connectivity index (χ0v) is 25.7. The summed E-state index contributed by atoms with van der Waals surface area (Å²) < 4.78 is 26.2. The Kier molecular flexibility index (Phi) is 11.7. The molecule has 1 amide bonds. The van der Waals surface area contributed by atoms with Crippen molar-refractivity contribution in [3.05, 3.63) is 59.4 Å². The van der Waals surface area contributed by atoms with Gasteiger partial charge in [-0.2, -0.15) is 10.3 Å². The number of nitrogens with two attached hydrogens (primary N) is 2. The van der Waals surface area contributed by atoms with Crippen molar-refractivity contribution in [1.82, 2.24) is 4.98 Å². The van der Waals surface area contributed by atoms with Crippen LogP contribution in [0.3, 0.4) is 0 Å². The average molecular weight is 641 g/mol. The maximum atomic E-state index is 13.0. The van der Waals surface area contributed by atoms with Gasteiger partial charge in [-0.25, -0.2) is 9.79 Å². The van der Waals surface area contributed by atoms with Crippen molar-refractivity contribution in [3.8, 4) is 6.07 Å². The van der Waals surface area contributed by atoms with E-state index in [1.807, 2.05) is 6.07 Å². The van der Waals surface area contributed by atoms with Gasteiger partial charge in [0, 0.05) is 6.92 Å². The summed E-state index contributed by atoms with van der Waals surface area (Å²) in [6.07, 6.45) is -5.01. The molecule has 1 aromatic carbocycles. The fraction of sp³-hybridized carbons (Fsp3) is 0.433. The quantitative estimate of drug-likeness (QED) is 0.0929. The third-order valence-corrected chi connectivity index (χ3v) is 6.80. The van der Waals surface area contributed by atoms with Gasteiger partial charge in [0.25, 0.3) is 0 Å². The molecule has 0 saturated carbocycles. The van der Waals surface area contributed by atoms with Crippen LogP contribution in [0.4, 0.5) is 4.79 Å². The van der Waals surface area contributed by atoms with Gasteiger partial charge in [0.1, 0.15) is 30.9 Å². The molecule has 0 unspecified atom stereocenters. The lowest BCUT2D eigenvalue weighted by Crippen LogP contribution is -2.49. The van der Waals surface area contributed by atoms with E-state index in [1.54, 1.807) is 51.1 Å². The molecule has 0 radical (unpaired) electrons. The van der Waals surface area contributed by atoms with Crippen molar-refractivity contribution < 1.29 is 48.0 Å². The molecule has 16 heteroatoms. The first-order valence-electron chi connectivity index (χ1n) is 14.0. The van der Waals surface area contributed by atoms with Crippen molar-refractivity contribution in [3.63, 3.8) is 0 Å². The summed E-state index contributed by atoms with van der Waals surface area (Å²) in [7, 11) is 0. The molecule has 1 saturated heterocycles. The second kappa shape index (κ2) is 15.3. The summed E-state index contributed by atoms with van der Waals surface area (Å²) in [4.78, 5) is 58.9. The Morgan fingerprint density at radius 1 is 1.15 bits per heavy atom. The van der Waals surface area contributed by atoms with Crippen molar-refractivity contribution in [2.75, 3.05) is 13.4 Å². The average Bonchev–Trinajstić information content (AvgIpc) is 3.59. The molecule has 0 spiro atoms. The number of carbonyl (C=O) groups is 4. The van der Waals surface area contributed by atoms with Gasteiger partial charge in [-0.3, -0.25) is 14.4 Å². The number of amides is 1. The number of aromatic amines is 1. The molecule has 1 fully saturated rings. The number of aliphatic imine (C=N–C) groups is 2. The van der Waals surface area contributed by atoms with Crippen molar-refractivity contribution in [2.45, 2.75) is 64.1 Å². The highest BCUT2D eigenvalue weighted by atomic mass is 16.7. The Bertz CT molecular complexity index is 1510. The molecule has 2 aromatic rings. The molecule has 1 aliphatic rings. The van der Waals surface area contributed by atoms with Gasteiger partial charge in [-0.1, -0.05) is 51.1 Å². The van der Waals surface area contributed by atoms with Gasteiger partial charge >= 0.3 is 24.0 Å². The van der Waals surface area contributed by atoms with Crippen molar-refractivity contribution in [2.24, 2.45) is 26.9 Å². The number of aliphatic hydroxyl groups is 1. The van der Waals surface area contributed by atoms with E-state index in [0.29, 0.717) is 5.56 Å². The topological polar surface area (TPSA) is 251 Å². The molecular weight excluding hydrogens is 604 g/mol. The fourth-order valence-electron chi connectivity index (χ4n) is 4.26. The van der Waals surface area contributed by atoms with Gasteiger partial charge in [0.05, 0.1) is 24.1 Å². The third kappa shape index (κ3) is 8.75. The maximum absolute atomic E-state index is 13.0. The number of hydrogen-bond donors (Lipinski definition) is 4. The van der Waals surface area contributed by atoms with E-state index in [9.17, 15) is 29.5 Å². The Morgan fingerprint density at radius 3 is 2.46 bits per heavy atom. The van der Waals surface area contributed by atoms with Gasteiger partial charge in [-0.05, 0) is 23.1 Å². The number of ether oxygens (including phenoxy) is 5. The number of rotatable bonds is 10. The van der Waals surface area contributed by atoms with Crippen LogP contribution in [0, 0.1) is 16.7 Å². The number of nitrogens with zero attached hydrogens (tertiary/aromatic N) is 3. The van der Waals surface area contributed by atoms with E-state index in [1.165, 1.54) is 12.1 Å². The minimum absolute atomic E-state index is 0.0348. The summed E-state index contributed by atoms with van der Waals surface area (Å²) in [6.45, 7) is 5.10. The minimum atomic E-state index is -2.20. The van der Waals surface area contributed by atoms with Crippen molar-refractivity contribution in [1.29, 1.82) is 5.26 Å². The van der Waals surface area contributed by atoms with Crippen LogP contribution >= 0.6 is 0 Å². The monoisotopic (exact) mass is 640 g/mol. The van der Waals surface area contributed by atoms with Crippen LogP contribution in [0.5, 0.6) is 0 Å². The number of aliphatic hydroxyl groups excluding tert-OH is 1. The van der Waals surface area contributed by atoms with E-state index in [0.717, 1.165) is 13.3 Å². The molecule has 5 atom stereocenters. The van der Waals surface area contributed by atoms with Gasteiger partial charge in [0.2, 0.25) is 12.4 Å². The lowest BCUT2D eigenvalue weighted by molar-refractivity contribution is -0.163. The number of H-pyrrole nitrogens is 1. The number of hydrogen-bond acceptors (Lipinski definition) is 12. The minimum Gasteiger partial charge on any atom is -0.463 e. The highest BCUT2D eigenvalue weighted by molar-refractivity contribution is 6.05. The zero-order valence-electron chi connectivity index (χ0n) is 25.7. The lowest BCUT2D eigenvalue weighted by Gasteiger charge is -2.28. The summed E-state index contributed by atoms with van der Waals surface area (Å²) in [5, 5.41) is 21.8. The summed E-state index contributed by atoms with van der Waals surface area (Å²) in [5.74, 6) is -2.48. The number of nitrogens with one attached hydrogen (secondary N) is 1. The Morgan fingerprint density at radius 2 is 1.85 bits per heavy atom. The van der Waals surface area contributed by atoms with E-state index in [4.69, 9.17) is 30.4 Å². The first kappa shape index (κ1) is 35.4. The van der Waals surface area contributed by atoms with Crippen LogP contribution in [0.2, 0.25) is 0 Å². The Balaban J connectivity index is 1.91. The zero-order chi connectivity index (χ0) is 34.1. The van der Waals surface area contributed by atoms with E-state index >= 15 is 0 Å². The van der Waals surface area contributed by atoms with Crippen LogP contribution in [-0.2, 0) is 50.1 Å². The molecule has 16 nitrogen and oxygen atoms in total. The molecule has 1 aliphatic heterocycles. The van der Waals surface area contributed by atoms with Crippen LogP contribution < -0.4 is 11.5 Å². The summed E-state index contributed by atoms with van der Waals surface area (Å²) >= 11 is 0. The number of carbonyl (C=O) groups excluding carboxylic acids is 4. The fourth-order valence-corrected chi connectivity index (χ4v) is 4.26. The van der Waals surface area contributed by atoms with Gasteiger partial charge < -0.3 is 45.2 Å². The lowest BCUT2D eigenvalue weighted by atomic mass is 9.87. The standard InChI is InChI=1S/C30H36N6O10/c1-17(37)43-16-44-28(41)36-26(34-15-32)19-10-11-21(35-19)30(14-31)25(39)23(45-27(40)24(33)29(2,3)4)20(46-30)13-42-22(38)12-18-8-6-5-7-9-18/h5-11,15,20,23-25,35,39H,12-13,16,33H2,1-4H3,(H2,32,34,36,41)/t20-,23-,24-,25-,30+/m1/s1. The Hall–Kier alpha value is -5.11. The molecule has 0 aliphatic carbocycles. The largest absolute Gasteiger partial charge is 0.463 e. The molecule has 246 valence electrons. The predicted octanol–water partition coefficient (Wildman–Crippen LogP) is 0.955. The predicted molar refractivity (Wildman–Crippen MR) is 160 cm³/mol. The second-order valence-electron chi connectivity index (χ2n) is 11.2. The first-order chi connectivity index (χ1) is 21.7. The van der Waals surface area contributed by atoms with E-state index < -0.39 is 72.8 Å². The Labute approximate surface area is 264 Å². The first-order valence-corrected chi connectivity index (χ1v) is 14.0. The molecule has 3 rings (SSSR count). The molecule has 0 bridgehead atoms. The second-order valence-corrected chi connectivity index (χ2v) is 11.2. The molecule has 46 heavy (non-hydrogen) atoms. The van der Waals surface area contributed by atoms with E-state index in [2.05, 4.69) is 19.7 Å². The third-order valence-electron chi connectivity index (χ3n) is 6.80. The van der Waals surface area contributed by atoms with Gasteiger partial charge in [-0.15, -0.1) is 0 Å². The molecule has 1 aromatic heterocycles. The highest BCUT2D eigenvalue weighted by Crippen LogP contribution is 2.41. The molecular formula is C30H36N6O10. The van der Waals surface area contributed by atoms with Crippen molar-refractivity contribution >= 4 is 36.2 Å². The maximum Gasteiger partial charge on any atom is 0.438 e. The van der Waals surface area contributed by atoms with E-state index in [-0.39, 0.29) is 23.6 Å². The van der Waals surface area contributed by atoms with Gasteiger partial charge in [0.15, 0.2) is 11.9 Å². The summed E-state index contributed by atoms with van der Waals surface area (Å²) in [5.41, 5.74) is 9.25.